The van der Waals surface area contributed by atoms with Crippen LogP contribution in [0.15, 0.2) is 36.5 Å². The Labute approximate surface area is 175 Å². The van der Waals surface area contributed by atoms with E-state index in [1.54, 1.807) is 35.0 Å². The number of nitrogens with zero attached hydrogens (tertiary/aromatic N) is 5. The van der Waals surface area contributed by atoms with Crippen LogP contribution < -0.4 is 5.32 Å². The average Bonchev–Trinajstić information content (AvgIpc) is 3.33. The standard InChI is InChI=1S/C22H26N6O2/c1-14-9-15(2)11-16(10-14)24-22-23-7-6-18(25-22)19-12-20(27(3)26-19)21(30)28-8-4-5-17(28)13-29/h6-7,9-12,17,29H,4-5,8,13H2,1-3H3,(H,23,24,25). The molecule has 1 amide bonds. The Morgan fingerprint density at radius 1 is 1.20 bits per heavy atom. The first kappa shape index (κ1) is 20.0. The monoisotopic (exact) mass is 406 g/mol. The van der Waals surface area contributed by atoms with E-state index in [1.807, 2.05) is 26.0 Å². The summed E-state index contributed by atoms with van der Waals surface area (Å²) in [5.41, 5.74) is 4.95. The van der Waals surface area contributed by atoms with E-state index in [9.17, 15) is 9.90 Å². The molecule has 1 atom stereocenters. The Balaban J connectivity index is 1.58. The maximum absolute atomic E-state index is 13.0. The van der Waals surface area contributed by atoms with E-state index in [4.69, 9.17) is 0 Å². The summed E-state index contributed by atoms with van der Waals surface area (Å²) in [4.78, 5) is 23.6. The number of aliphatic hydroxyl groups is 1. The van der Waals surface area contributed by atoms with Crippen molar-refractivity contribution in [2.75, 3.05) is 18.5 Å². The van der Waals surface area contributed by atoms with Crippen molar-refractivity contribution in [1.82, 2.24) is 24.6 Å². The van der Waals surface area contributed by atoms with E-state index in [1.165, 1.54) is 0 Å². The van der Waals surface area contributed by atoms with Gasteiger partial charge in [-0.25, -0.2) is 9.97 Å². The second kappa shape index (κ2) is 8.23. The van der Waals surface area contributed by atoms with Crippen molar-refractivity contribution in [2.45, 2.75) is 32.7 Å². The van der Waals surface area contributed by atoms with Crippen molar-refractivity contribution < 1.29 is 9.90 Å². The Hall–Kier alpha value is -3.26. The summed E-state index contributed by atoms with van der Waals surface area (Å²) in [5.74, 6) is 0.353. The minimum Gasteiger partial charge on any atom is -0.394 e. The number of carbonyl (C=O) groups is 1. The van der Waals surface area contributed by atoms with Gasteiger partial charge in [-0.3, -0.25) is 9.48 Å². The lowest BCUT2D eigenvalue weighted by Gasteiger charge is -2.22. The number of amides is 1. The van der Waals surface area contributed by atoms with Crippen molar-refractivity contribution in [1.29, 1.82) is 0 Å². The van der Waals surface area contributed by atoms with Crippen LogP contribution in [-0.2, 0) is 7.05 Å². The van der Waals surface area contributed by atoms with E-state index >= 15 is 0 Å². The largest absolute Gasteiger partial charge is 0.394 e. The summed E-state index contributed by atoms with van der Waals surface area (Å²) < 4.78 is 1.57. The quantitative estimate of drug-likeness (QED) is 0.676. The molecule has 3 heterocycles. The van der Waals surface area contributed by atoms with Gasteiger partial charge in [0.15, 0.2) is 0 Å². The second-order valence-corrected chi connectivity index (χ2v) is 7.78. The molecule has 2 aromatic heterocycles. The number of carbonyl (C=O) groups excluding carboxylic acids is 1. The first-order chi connectivity index (χ1) is 14.4. The molecule has 8 heteroatoms. The number of nitrogens with one attached hydrogen (secondary N) is 1. The number of likely N-dealkylation sites (tertiary alicyclic amines) is 1. The average molecular weight is 406 g/mol. The van der Waals surface area contributed by atoms with Gasteiger partial charge in [-0.1, -0.05) is 6.07 Å². The molecule has 1 aliphatic heterocycles. The van der Waals surface area contributed by atoms with Gasteiger partial charge >= 0.3 is 0 Å². The van der Waals surface area contributed by atoms with Crippen molar-refractivity contribution in [3.05, 3.63) is 53.3 Å². The summed E-state index contributed by atoms with van der Waals surface area (Å²) in [6.07, 6.45) is 3.40. The fourth-order valence-corrected chi connectivity index (χ4v) is 3.97. The topological polar surface area (TPSA) is 96.2 Å². The van der Waals surface area contributed by atoms with Gasteiger partial charge in [-0.05, 0) is 62.1 Å². The van der Waals surface area contributed by atoms with Crippen LogP contribution in [0.1, 0.15) is 34.5 Å². The van der Waals surface area contributed by atoms with Crippen molar-refractivity contribution >= 4 is 17.5 Å². The number of aryl methyl sites for hydroxylation is 3. The van der Waals surface area contributed by atoms with Gasteiger partial charge in [0.2, 0.25) is 5.95 Å². The first-order valence-corrected chi connectivity index (χ1v) is 10.1. The highest BCUT2D eigenvalue weighted by Crippen LogP contribution is 2.24. The number of aromatic nitrogens is 4. The summed E-state index contributed by atoms with van der Waals surface area (Å²) in [6, 6.07) is 9.58. The van der Waals surface area contributed by atoms with Crippen molar-refractivity contribution in [2.24, 2.45) is 7.05 Å². The lowest BCUT2D eigenvalue weighted by Crippen LogP contribution is -2.38. The van der Waals surface area contributed by atoms with Crippen LogP contribution in [-0.4, -0.2) is 54.9 Å². The van der Waals surface area contributed by atoms with E-state index in [0.29, 0.717) is 29.6 Å². The molecule has 1 aromatic carbocycles. The van der Waals surface area contributed by atoms with Gasteiger partial charge in [-0.15, -0.1) is 0 Å². The summed E-state index contributed by atoms with van der Waals surface area (Å²) in [6.45, 7) is 4.73. The molecular weight excluding hydrogens is 380 g/mol. The molecule has 4 rings (SSSR count). The Bertz CT molecular complexity index is 1060. The Morgan fingerprint density at radius 3 is 2.70 bits per heavy atom. The van der Waals surface area contributed by atoms with Crippen LogP contribution in [0.2, 0.25) is 0 Å². The summed E-state index contributed by atoms with van der Waals surface area (Å²) >= 11 is 0. The summed E-state index contributed by atoms with van der Waals surface area (Å²) in [7, 11) is 1.75. The van der Waals surface area contributed by atoms with Gasteiger partial charge in [-0.2, -0.15) is 5.10 Å². The molecule has 0 saturated carbocycles. The van der Waals surface area contributed by atoms with Crippen LogP contribution in [0.3, 0.4) is 0 Å². The number of hydrogen-bond donors (Lipinski definition) is 2. The first-order valence-electron chi connectivity index (χ1n) is 10.1. The third-order valence-corrected chi connectivity index (χ3v) is 5.34. The molecule has 0 spiro atoms. The molecular formula is C22H26N6O2. The molecule has 0 aliphatic carbocycles. The number of benzene rings is 1. The van der Waals surface area contributed by atoms with Crippen LogP contribution in [0, 0.1) is 13.8 Å². The van der Waals surface area contributed by atoms with Gasteiger partial charge in [0.25, 0.3) is 5.91 Å². The fourth-order valence-electron chi connectivity index (χ4n) is 3.97. The van der Waals surface area contributed by atoms with Gasteiger partial charge in [0.1, 0.15) is 11.4 Å². The predicted molar refractivity (Wildman–Crippen MR) is 115 cm³/mol. The SMILES string of the molecule is Cc1cc(C)cc(Nc2nccc(-c3cc(C(=O)N4CCCC4CO)n(C)n3)n2)c1. The van der Waals surface area contributed by atoms with Crippen LogP contribution in [0.25, 0.3) is 11.4 Å². The maximum Gasteiger partial charge on any atom is 0.272 e. The van der Waals surface area contributed by atoms with Gasteiger partial charge in [0.05, 0.1) is 18.3 Å². The normalized spacial score (nSPS) is 16.1. The van der Waals surface area contributed by atoms with Crippen molar-refractivity contribution in [3.63, 3.8) is 0 Å². The van der Waals surface area contributed by atoms with E-state index in [2.05, 4.69) is 26.4 Å². The molecule has 1 fully saturated rings. The summed E-state index contributed by atoms with van der Waals surface area (Å²) in [5, 5.41) is 17.3. The number of rotatable bonds is 5. The number of aliphatic hydroxyl groups excluding tert-OH is 1. The third kappa shape index (κ3) is 4.04. The van der Waals surface area contributed by atoms with E-state index in [-0.39, 0.29) is 18.6 Å². The lowest BCUT2D eigenvalue weighted by molar-refractivity contribution is 0.0666. The smallest absolute Gasteiger partial charge is 0.272 e. The highest BCUT2D eigenvalue weighted by atomic mass is 16.3. The molecule has 0 radical (unpaired) electrons. The number of hydrogen-bond acceptors (Lipinski definition) is 6. The lowest BCUT2D eigenvalue weighted by atomic mass is 10.1. The van der Waals surface area contributed by atoms with Crippen LogP contribution in [0.5, 0.6) is 0 Å². The van der Waals surface area contributed by atoms with Gasteiger partial charge < -0.3 is 15.3 Å². The predicted octanol–water partition coefficient (Wildman–Crippen LogP) is 2.83. The van der Waals surface area contributed by atoms with Gasteiger partial charge in [0, 0.05) is 25.5 Å². The highest BCUT2D eigenvalue weighted by molar-refractivity contribution is 5.94. The van der Waals surface area contributed by atoms with Crippen LogP contribution >= 0.6 is 0 Å². The molecule has 30 heavy (non-hydrogen) atoms. The zero-order valence-electron chi connectivity index (χ0n) is 17.5. The molecule has 8 nitrogen and oxygen atoms in total. The van der Waals surface area contributed by atoms with Crippen LogP contribution in [0.4, 0.5) is 11.6 Å². The molecule has 1 saturated heterocycles. The zero-order chi connectivity index (χ0) is 21.3. The molecule has 3 aromatic rings. The highest BCUT2D eigenvalue weighted by Gasteiger charge is 2.30. The molecule has 1 unspecified atom stereocenters. The van der Waals surface area contributed by atoms with E-state index < -0.39 is 0 Å². The minimum absolute atomic E-state index is 0.0180. The van der Waals surface area contributed by atoms with E-state index in [0.717, 1.165) is 29.7 Å². The molecule has 1 aliphatic rings. The second-order valence-electron chi connectivity index (χ2n) is 7.78. The fraction of sp³-hybridized carbons (Fsp3) is 0.364. The Morgan fingerprint density at radius 2 is 1.97 bits per heavy atom. The third-order valence-electron chi connectivity index (χ3n) is 5.34. The zero-order valence-corrected chi connectivity index (χ0v) is 17.5. The minimum atomic E-state index is -0.122. The number of anilines is 2. The van der Waals surface area contributed by atoms with Crippen molar-refractivity contribution in [3.8, 4) is 11.4 Å². The molecule has 2 N–H and O–H groups in total. The molecule has 0 bridgehead atoms. The Kier molecular flexibility index (Phi) is 5.50. The molecule has 156 valence electrons. The maximum atomic E-state index is 13.0.